The molecule has 0 aliphatic rings. The Morgan fingerprint density at radius 3 is 2.36 bits per heavy atom. The van der Waals surface area contributed by atoms with E-state index in [0.29, 0.717) is 33.5 Å². The van der Waals surface area contributed by atoms with Crippen molar-refractivity contribution in [3.8, 4) is 17.2 Å². The van der Waals surface area contributed by atoms with Crippen LogP contribution in [0, 0.1) is 0 Å². The predicted molar refractivity (Wildman–Crippen MR) is 106 cm³/mol. The van der Waals surface area contributed by atoms with Crippen LogP contribution in [-0.2, 0) is 14.3 Å². The Morgan fingerprint density at radius 2 is 1.75 bits per heavy atom. The molecule has 2 aromatic rings. The molecule has 1 amide bonds. The lowest BCUT2D eigenvalue weighted by Gasteiger charge is -2.10. The lowest BCUT2D eigenvalue weighted by atomic mass is 10.2. The van der Waals surface area contributed by atoms with Gasteiger partial charge in [-0.3, -0.25) is 4.79 Å². The molecule has 1 N–H and O–H groups in total. The first-order valence-electron chi connectivity index (χ1n) is 8.17. The van der Waals surface area contributed by atoms with Crippen molar-refractivity contribution in [3.63, 3.8) is 0 Å². The van der Waals surface area contributed by atoms with E-state index in [1.165, 1.54) is 26.4 Å². The molecule has 0 aliphatic heterocycles. The second-order valence-electron chi connectivity index (χ2n) is 5.46. The molecule has 28 heavy (non-hydrogen) atoms. The molecule has 0 unspecified atom stereocenters. The molecule has 0 spiro atoms. The number of hydrogen-bond donors (Lipinski definition) is 1. The van der Waals surface area contributed by atoms with E-state index in [9.17, 15) is 9.59 Å². The maximum absolute atomic E-state index is 11.9. The highest BCUT2D eigenvalue weighted by atomic mass is 35.5. The smallest absolute Gasteiger partial charge is 0.331 e. The fourth-order valence-electron chi connectivity index (χ4n) is 2.25. The van der Waals surface area contributed by atoms with Crippen LogP contribution in [0.1, 0.15) is 5.56 Å². The summed E-state index contributed by atoms with van der Waals surface area (Å²) in [6.07, 6.45) is 2.69. The van der Waals surface area contributed by atoms with Gasteiger partial charge >= 0.3 is 5.97 Å². The maximum Gasteiger partial charge on any atom is 0.331 e. The minimum absolute atomic E-state index is 0.341. The lowest BCUT2D eigenvalue weighted by molar-refractivity contribution is -0.142. The number of esters is 1. The highest BCUT2D eigenvalue weighted by Crippen LogP contribution is 2.36. The van der Waals surface area contributed by atoms with Crippen molar-refractivity contribution in [2.75, 3.05) is 33.3 Å². The number of ether oxygens (including phenoxy) is 4. The average Bonchev–Trinajstić information content (AvgIpc) is 2.70. The molecule has 0 saturated heterocycles. The van der Waals surface area contributed by atoms with Gasteiger partial charge < -0.3 is 24.3 Å². The first-order chi connectivity index (χ1) is 13.5. The Labute approximate surface area is 167 Å². The molecule has 2 aromatic carbocycles. The third-order valence-electron chi connectivity index (χ3n) is 3.59. The van der Waals surface area contributed by atoms with Gasteiger partial charge in [-0.15, -0.1) is 0 Å². The van der Waals surface area contributed by atoms with Crippen LogP contribution in [0.2, 0.25) is 5.02 Å². The van der Waals surface area contributed by atoms with Gasteiger partial charge in [-0.25, -0.2) is 4.79 Å². The van der Waals surface area contributed by atoms with Gasteiger partial charge in [-0.05, 0) is 48.0 Å². The Bertz CT molecular complexity index is 864. The van der Waals surface area contributed by atoms with Gasteiger partial charge in [0.1, 0.15) is 5.75 Å². The molecule has 0 saturated carbocycles. The molecule has 2 rings (SSSR count). The van der Waals surface area contributed by atoms with Crippen LogP contribution < -0.4 is 19.5 Å². The Hall–Kier alpha value is -3.19. The highest BCUT2D eigenvalue weighted by molar-refractivity contribution is 6.32. The predicted octanol–water partition coefficient (Wildman–Crippen LogP) is 3.56. The zero-order valence-electron chi connectivity index (χ0n) is 15.7. The van der Waals surface area contributed by atoms with E-state index in [-0.39, 0.29) is 0 Å². The zero-order valence-corrected chi connectivity index (χ0v) is 16.4. The van der Waals surface area contributed by atoms with Crippen LogP contribution >= 0.6 is 11.6 Å². The van der Waals surface area contributed by atoms with Gasteiger partial charge in [0.05, 0.1) is 26.4 Å². The number of carbonyl (C=O) groups excluding carboxylic acids is 2. The highest BCUT2D eigenvalue weighted by Gasteiger charge is 2.10. The fourth-order valence-corrected chi connectivity index (χ4v) is 2.55. The molecule has 0 atom stereocenters. The summed E-state index contributed by atoms with van der Waals surface area (Å²) in [6, 6.07) is 10.0. The summed E-state index contributed by atoms with van der Waals surface area (Å²) in [4.78, 5) is 23.7. The second kappa shape index (κ2) is 10.2. The summed E-state index contributed by atoms with van der Waals surface area (Å²) in [6.45, 7) is -0.415. The quantitative estimate of drug-likeness (QED) is 0.534. The second-order valence-corrected chi connectivity index (χ2v) is 5.86. The van der Waals surface area contributed by atoms with Gasteiger partial charge in [0.25, 0.3) is 5.91 Å². The topological polar surface area (TPSA) is 83.1 Å². The summed E-state index contributed by atoms with van der Waals surface area (Å²) >= 11 is 6.11. The summed E-state index contributed by atoms with van der Waals surface area (Å²) < 4.78 is 20.3. The molecule has 0 bridgehead atoms. The van der Waals surface area contributed by atoms with Gasteiger partial charge in [0, 0.05) is 11.8 Å². The van der Waals surface area contributed by atoms with E-state index in [2.05, 4.69) is 5.32 Å². The Morgan fingerprint density at radius 1 is 1.04 bits per heavy atom. The number of amides is 1. The number of halogens is 1. The van der Waals surface area contributed by atoms with Gasteiger partial charge in [0.15, 0.2) is 18.1 Å². The molecule has 0 aromatic heterocycles. The number of anilines is 1. The monoisotopic (exact) mass is 405 g/mol. The Kier molecular flexibility index (Phi) is 7.71. The molecule has 148 valence electrons. The first kappa shape index (κ1) is 21.1. The van der Waals surface area contributed by atoms with E-state index in [0.717, 1.165) is 0 Å². The summed E-state index contributed by atoms with van der Waals surface area (Å²) in [5, 5.41) is 2.96. The number of rotatable bonds is 8. The summed E-state index contributed by atoms with van der Waals surface area (Å²) in [7, 11) is 4.52. The average molecular weight is 406 g/mol. The van der Waals surface area contributed by atoms with E-state index in [1.807, 2.05) is 0 Å². The maximum atomic E-state index is 11.9. The van der Waals surface area contributed by atoms with E-state index in [4.69, 9.17) is 30.5 Å². The van der Waals surface area contributed by atoms with Crippen LogP contribution in [0.25, 0.3) is 6.08 Å². The van der Waals surface area contributed by atoms with Crippen LogP contribution in [0.4, 0.5) is 5.69 Å². The van der Waals surface area contributed by atoms with Crippen molar-refractivity contribution in [2.45, 2.75) is 0 Å². The number of carbonyl (C=O) groups is 2. The molecular weight excluding hydrogens is 386 g/mol. The van der Waals surface area contributed by atoms with Gasteiger partial charge in [0.2, 0.25) is 0 Å². The SMILES string of the molecule is COc1ccc(NC(=O)COC(=O)/C=C/c2cc(Cl)c(OC)c(OC)c2)cc1. The molecule has 7 nitrogen and oxygen atoms in total. The van der Waals surface area contributed by atoms with E-state index >= 15 is 0 Å². The standard InChI is InChI=1S/C20H20ClNO6/c1-25-15-7-5-14(6-8-15)22-18(23)12-28-19(24)9-4-13-10-16(21)20(27-3)17(11-13)26-2/h4-11H,12H2,1-3H3,(H,22,23)/b9-4+. The van der Waals surface area contributed by atoms with Crippen molar-refractivity contribution in [2.24, 2.45) is 0 Å². The van der Waals surface area contributed by atoms with E-state index < -0.39 is 18.5 Å². The third-order valence-corrected chi connectivity index (χ3v) is 3.87. The van der Waals surface area contributed by atoms with Crippen LogP contribution in [0.15, 0.2) is 42.5 Å². The zero-order chi connectivity index (χ0) is 20.5. The number of methoxy groups -OCH3 is 3. The van der Waals surface area contributed by atoms with Crippen molar-refractivity contribution >= 4 is 35.2 Å². The van der Waals surface area contributed by atoms with Crippen LogP contribution in [0.5, 0.6) is 17.2 Å². The first-order valence-corrected chi connectivity index (χ1v) is 8.55. The van der Waals surface area contributed by atoms with Gasteiger partial charge in [-0.2, -0.15) is 0 Å². The minimum Gasteiger partial charge on any atom is -0.497 e. The summed E-state index contributed by atoms with van der Waals surface area (Å²) in [5.41, 5.74) is 1.18. The summed E-state index contributed by atoms with van der Waals surface area (Å²) in [5.74, 6) is 0.377. The van der Waals surface area contributed by atoms with Crippen molar-refractivity contribution < 1.29 is 28.5 Å². The number of hydrogen-bond acceptors (Lipinski definition) is 6. The molecule has 0 fully saturated rings. The molecule has 0 heterocycles. The van der Waals surface area contributed by atoms with Crippen LogP contribution in [0.3, 0.4) is 0 Å². The number of nitrogens with one attached hydrogen (secondary N) is 1. The van der Waals surface area contributed by atoms with E-state index in [1.54, 1.807) is 43.5 Å². The fraction of sp³-hybridized carbons (Fsp3) is 0.200. The molecule has 0 radical (unpaired) electrons. The third kappa shape index (κ3) is 5.92. The van der Waals surface area contributed by atoms with Crippen molar-refractivity contribution in [3.05, 3.63) is 53.1 Å². The number of benzene rings is 2. The Balaban J connectivity index is 1.89. The van der Waals surface area contributed by atoms with Crippen molar-refractivity contribution in [1.82, 2.24) is 0 Å². The molecule has 8 heteroatoms. The largest absolute Gasteiger partial charge is 0.497 e. The lowest BCUT2D eigenvalue weighted by Crippen LogP contribution is -2.20. The van der Waals surface area contributed by atoms with Crippen molar-refractivity contribution in [1.29, 1.82) is 0 Å². The molecular formula is C20H20ClNO6. The minimum atomic E-state index is -0.671. The normalized spacial score (nSPS) is 10.4. The van der Waals surface area contributed by atoms with Crippen LogP contribution in [-0.4, -0.2) is 39.8 Å². The van der Waals surface area contributed by atoms with Gasteiger partial charge in [-0.1, -0.05) is 11.6 Å². The molecule has 0 aliphatic carbocycles.